The molecule has 2 N–H and O–H groups in total. The molecule has 1 aliphatic heterocycles. The molecule has 0 spiro atoms. The van der Waals surface area contributed by atoms with Crippen LogP contribution in [-0.4, -0.2) is 13.0 Å². The fourth-order valence-corrected chi connectivity index (χ4v) is 5.49. The fourth-order valence-electron chi connectivity index (χ4n) is 3.49. The lowest BCUT2D eigenvalue weighted by atomic mass is 9.88. The van der Waals surface area contributed by atoms with E-state index in [1.807, 2.05) is 18.2 Å². The van der Waals surface area contributed by atoms with Gasteiger partial charge in [0.05, 0.1) is 17.1 Å². The second-order valence-electron chi connectivity index (χ2n) is 6.50. The number of halogens is 1. The number of carbonyl (C=O) groups excluding carboxylic acids is 1. The third-order valence-electron chi connectivity index (χ3n) is 4.80. The van der Waals surface area contributed by atoms with Crippen molar-refractivity contribution in [3.8, 4) is 5.75 Å². The topological polar surface area (TPSA) is 50.4 Å². The zero-order chi connectivity index (χ0) is 16.8. The van der Waals surface area contributed by atoms with Crippen molar-refractivity contribution in [1.29, 1.82) is 0 Å². The van der Waals surface area contributed by atoms with E-state index in [9.17, 15) is 4.79 Å². The van der Waals surface area contributed by atoms with Crippen molar-refractivity contribution in [2.45, 2.75) is 32.4 Å². The van der Waals surface area contributed by atoms with Gasteiger partial charge < -0.3 is 15.4 Å². The third-order valence-corrected chi connectivity index (χ3v) is 6.60. The van der Waals surface area contributed by atoms with E-state index in [2.05, 4.69) is 33.5 Å². The molecule has 0 unspecified atom stereocenters. The van der Waals surface area contributed by atoms with Crippen LogP contribution in [0, 0.1) is 5.92 Å². The van der Waals surface area contributed by atoms with Crippen LogP contribution >= 0.6 is 27.3 Å². The average molecular weight is 407 g/mol. The van der Waals surface area contributed by atoms with E-state index in [4.69, 9.17) is 4.74 Å². The Kier molecular flexibility index (Phi) is 4.04. The molecule has 0 bridgehead atoms. The number of methoxy groups -OCH3 is 1. The van der Waals surface area contributed by atoms with Crippen molar-refractivity contribution < 1.29 is 9.53 Å². The van der Waals surface area contributed by atoms with Crippen molar-refractivity contribution in [1.82, 2.24) is 5.32 Å². The van der Waals surface area contributed by atoms with Crippen molar-refractivity contribution in [3.63, 3.8) is 0 Å². The minimum Gasteiger partial charge on any atom is -0.496 e. The molecule has 2 aromatic rings. The highest BCUT2D eigenvalue weighted by atomic mass is 79.9. The second kappa shape index (κ2) is 6.08. The van der Waals surface area contributed by atoms with Crippen molar-refractivity contribution in [2.24, 2.45) is 5.92 Å². The molecule has 2 atom stereocenters. The summed E-state index contributed by atoms with van der Waals surface area (Å²) >= 11 is 5.26. The summed E-state index contributed by atoms with van der Waals surface area (Å²) in [5.74, 6) is 1.52. The Hall–Kier alpha value is -1.53. The smallest absolute Gasteiger partial charge is 0.256 e. The van der Waals surface area contributed by atoms with Gasteiger partial charge in [0.2, 0.25) is 0 Å². The maximum absolute atomic E-state index is 12.7. The molecule has 1 aromatic carbocycles. The van der Waals surface area contributed by atoms with Crippen LogP contribution in [-0.2, 0) is 12.8 Å². The SMILES string of the molecule is COc1ccc([C@@H]2NC(=O)c3c(sc4c3CC[C@H](C)C4)N2)cc1Br. The molecule has 0 radical (unpaired) electrons. The van der Waals surface area contributed by atoms with Gasteiger partial charge in [-0.25, -0.2) is 0 Å². The summed E-state index contributed by atoms with van der Waals surface area (Å²) in [5.41, 5.74) is 3.12. The maximum atomic E-state index is 12.7. The minimum atomic E-state index is -0.218. The summed E-state index contributed by atoms with van der Waals surface area (Å²) in [6.45, 7) is 2.28. The number of fused-ring (bicyclic) bond motifs is 3. The molecule has 4 nitrogen and oxygen atoms in total. The highest BCUT2D eigenvalue weighted by Crippen LogP contribution is 2.42. The number of hydrogen-bond donors (Lipinski definition) is 2. The van der Waals surface area contributed by atoms with E-state index in [0.29, 0.717) is 5.92 Å². The molecular weight excluding hydrogens is 388 g/mol. The third kappa shape index (κ3) is 2.62. The summed E-state index contributed by atoms with van der Waals surface area (Å²) in [5, 5.41) is 7.61. The lowest BCUT2D eigenvalue weighted by Gasteiger charge is -2.27. The Bertz CT molecular complexity index is 818. The summed E-state index contributed by atoms with van der Waals surface area (Å²) in [6, 6.07) is 5.86. The predicted octanol–water partition coefficient (Wildman–Crippen LogP) is 4.50. The number of nitrogens with one attached hydrogen (secondary N) is 2. The Morgan fingerprint density at radius 1 is 1.33 bits per heavy atom. The van der Waals surface area contributed by atoms with E-state index in [1.54, 1.807) is 18.4 Å². The summed E-state index contributed by atoms with van der Waals surface area (Å²) in [6.07, 6.45) is 3.04. The Balaban J connectivity index is 1.67. The fraction of sp³-hybridized carbons (Fsp3) is 0.389. The van der Waals surface area contributed by atoms with Crippen LogP contribution in [0.4, 0.5) is 5.00 Å². The number of rotatable bonds is 2. The molecule has 126 valence electrons. The second-order valence-corrected chi connectivity index (χ2v) is 8.46. The molecule has 0 saturated heterocycles. The zero-order valence-electron chi connectivity index (χ0n) is 13.6. The van der Waals surface area contributed by atoms with Crippen LogP contribution in [0.3, 0.4) is 0 Å². The molecule has 4 rings (SSSR count). The number of amides is 1. The van der Waals surface area contributed by atoms with E-state index in [-0.39, 0.29) is 12.1 Å². The van der Waals surface area contributed by atoms with E-state index in [0.717, 1.165) is 45.6 Å². The van der Waals surface area contributed by atoms with Gasteiger partial charge in [-0.3, -0.25) is 4.79 Å². The quantitative estimate of drug-likeness (QED) is 0.771. The molecule has 6 heteroatoms. The Morgan fingerprint density at radius 2 is 2.17 bits per heavy atom. The van der Waals surface area contributed by atoms with Crippen LogP contribution in [0.1, 0.15) is 45.9 Å². The van der Waals surface area contributed by atoms with Gasteiger partial charge in [-0.1, -0.05) is 13.0 Å². The van der Waals surface area contributed by atoms with Gasteiger partial charge in [-0.15, -0.1) is 11.3 Å². The van der Waals surface area contributed by atoms with Crippen LogP contribution in [0.2, 0.25) is 0 Å². The van der Waals surface area contributed by atoms with Crippen molar-refractivity contribution in [3.05, 3.63) is 44.2 Å². The first kappa shape index (κ1) is 16.0. The molecular formula is C18H19BrN2O2S. The van der Waals surface area contributed by atoms with Gasteiger partial charge in [0, 0.05) is 4.88 Å². The zero-order valence-corrected chi connectivity index (χ0v) is 16.0. The average Bonchev–Trinajstić information content (AvgIpc) is 2.92. The first-order chi connectivity index (χ1) is 11.6. The number of benzene rings is 1. The predicted molar refractivity (Wildman–Crippen MR) is 100 cm³/mol. The molecule has 2 heterocycles. The van der Waals surface area contributed by atoms with Gasteiger partial charge in [0.15, 0.2) is 0 Å². The largest absolute Gasteiger partial charge is 0.496 e. The Labute approximate surface area is 153 Å². The number of hydrogen-bond acceptors (Lipinski definition) is 4. The number of ether oxygens (including phenoxy) is 1. The molecule has 0 saturated carbocycles. The van der Waals surface area contributed by atoms with Crippen LogP contribution in [0.5, 0.6) is 5.75 Å². The minimum absolute atomic E-state index is 0.0349. The molecule has 2 aliphatic rings. The first-order valence-corrected chi connectivity index (χ1v) is 9.73. The van der Waals surface area contributed by atoms with Crippen molar-refractivity contribution in [2.75, 3.05) is 12.4 Å². The van der Waals surface area contributed by atoms with Gasteiger partial charge >= 0.3 is 0 Å². The molecule has 0 fully saturated rings. The summed E-state index contributed by atoms with van der Waals surface area (Å²) in [7, 11) is 1.64. The molecule has 1 aliphatic carbocycles. The normalized spacial score (nSPS) is 22.2. The number of carbonyl (C=O) groups is 1. The van der Waals surface area contributed by atoms with Crippen LogP contribution in [0.25, 0.3) is 0 Å². The van der Waals surface area contributed by atoms with Gasteiger partial charge in [-0.2, -0.15) is 0 Å². The maximum Gasteiger partial charge on any atom is 0.256 e. The molecule has 1 amide bonds. The highest BCUT2D eigenvalue weighted by molar-refractivity contribution is 9.10. The van der Waals surface area contributed by atoms with Crippen LogP contribution in [0.15, 0.2) is 22.7 Å². The van der Waals surface area contributed by atoms with E-state index < -0.39 is 0 Å². The van der Waals surface area contributed by atoms with Gasteiger partial charge in [0.1, 0.15) is 16.9 Å². The Morgan fingerprint density at radius 3 is 2.92 bits per heavy atom. The van der Waals surface area contributed by atoms with Crippen molar-refractivity contribution >= 4 is 38.2 Å². The number of anilines is 1. The molecule has 24 heavy (non-hydrogen) atoms. The lowest BCUT2D eigenvalue weighted by molar-refractivity contribution is 0.0935. The monoisotopic (exact) mass is 406 g/mol. The summed E-state index contributed by atoms with van der Waals surface area (Å²) < 4.78 is 6.16. The number of thiophene rings is 1. The van der Waals surface area contributed by atoms with E-state index in [1.165, 1.54) is 10.4 Å². The highest BCUT2D eigenvalue weighted by Gasteiger charge is 2.33. The van der Waals surface area contributed by atoms with E-state index >= 15 is 0 Å². The molecule has 1 aromatic heterocycles. The lowest BCUT2D eigenvalue weighted by Crippen LogP contribution is -2.38. The van der Waals surface area contributed by atoms with Crippen LogP contribution < -0.4 is 15.4 Å². The van der Waals surface area contributed by atoms with Gasteiger partial charge in [0.25, 0.3) is 5.91 Å². The van der Waals surface area contributed by atoms with Gasteiger partial charge in [-0.05, 0) is 64.4 Å². The summed E-state index contributed by atoms with van der Waals surface area (Å²) in [4.78, 5) is 14.1. The first-order valence-electron chi connectivity index (χ1n) is 8.12. The standard InChI is InChI=1S/C18H19BrN2O2S/c1-9-3-5-11-14(7-9)24-18-15(11)17(22)20-16(21-18)10-4-6-13(23-2)12(19)8-10/h4,6,8-9,16,21H,3,5,7H2,1-2H3,(H,20,22)/t9-,16+/m0/s1.